The summed E-state index contributed by atoms with van der Waals surface area (Å²) in [6.45, 7) is 0. The SMILES string of the molecule is N=C(/C=C\C=C\[Si](c1ccccc1)(c1ccccc1)c1cccc2c1c1ccccc1n2-c1ccccc1)c1ccccc1. The molecule has 1 aromatic heterocycles. The second-order valence-corrected chi connectivity index (χ2v) is 14.6. The van der Waals surface area contributed by atoms with Crippen LogP contribution in [0.4, 0.5) is 0 Å². The van der Waals surface area contributed by atoms with Crippen LogP contribution in [-0.2, 0) is 0 Å². The minimum atomic E-state index is -2.76. The Kier molecular flexibility index (Phi) is 7.45. The average molecular weight is 581 g/mol. The molecule has 0 atom stereocenters. The predicted molar refractivity (Wildman–Crippen MR) is 190 cm³/mol. The van der Waals surface area contributed by atoms with Crippen LogP contribution in [0.5, 0.6) is 0 Å². The van der Waals surface area contributed by atoms with Crippen molar-refractivity contribution in [2.75, 3.05) is 0 Å². The van der Waals surface area contributed by atoms with Crippen LogP contribution in [0.1, 0.15) is 5.56 Å². The molecule has 2 nitrogen and oxygen atoms in total. The standard InChI is InChI=1S/C41H32N2Si/c42-37(32-18-5-1-6-19-32)27-15-16-31-44(34-22-9-3-10-23-34,35-24-11-4-12-25-35)40-30-17-29-39-41(40)36-26-13-14-28-38(36)43(39)33-20-7-2-8-21-33/h1-31,42H/b27-15-,31-16+,42-37?. The zero-order valence-electron chi connectivity index (χ0n) is 24.3. The molecule has 0 saturated carbocycles. The van der Waals surface area contributed by atoms with Crippen molar-refractivity contribution in [2.45, 2.75) is 0 Å². The minimum Gasteiger partial charge on any atom is -0.309 e. The number of nitrogens with one attached hydrogen (secondary N) is 1. The van der Waals surface area contributed by atoms with Crippen molar-refractivity contribution in [1.82, 2.24) is 4.57 Å². The van der Waals surface area contributed by atoms with Crippen LogP contribution in [0.3, 0.4) is 0 Å². The number of nitrogens with zero attached hydrogens (tertiary/aromatic N) is 1. The van der Waals surface area contributed by atoms with Gasteiger partial charge in [0.1, 0.15) is 0 Å². The van der Waals surface area contributed by atoms with Gasteiger partial charge in [-0.3, -0.25) is 0 Å². The molecule has 1 heterocycles. The van der Waals surface area contributed by atoms with E-state index < -0.39 is 8.07 Å². The second kappa shape index (κ2) is 12.0. The molecule has 6 aromatic carbocycles. The first kappa shape index (κ1) is 27.3. The molecule has 7 rings (SSSR count). The Labute approximate surface area is 259 Å². The van der Waals surface area contributed by atoms with Crippen LogP contribution < -0.4 is 15.6 Å². The molecule has 0 amide bonds. The van der Waals surface area contributed by atoms with E-state index in [1.807, 2.05) is 42.5 Å². The third-order valence-corrected chi connectivity index (χ3v) is 12.8. The molecule has 0 aliphatic heterocycles. The van der Waals surface area contributed by atoms with E-state index >= 15 is 0 Å². The lowest BCUT2D eigenvalue weighted by Crippen LogP contribution is -2.66. The number of para-hydroxylation sites is 2. The third-order valence-electron chi connectivity index (χ3n) is 8.40. The van der Waals surface area contributed by atoms with E-state index in [-0.39, 0.29) is 0 Å². The monoisotopic (exact) mass is 580 g/mol. The zero-order valence-corrected chi connectivity index (χ0v) is 25.3. The van der Waals surface area contributed by atoms with E-state index in [0.717, 1.165) is 11.3 Å². The van der Waals surface area contributed by atoms with Gasteiger partial charge >= 0.3 is 0 Å². The maximum atomic E-state index is 8.63. The highest BCUT2D eigenvalue weighted by molar-refractivity contribution is 7.16. The number of hydrogen-bond donors (Lipinski definition) is 1. The minimum absolute atomic E-state index is 0.495. The highest BCUT2D eigenvalue weighted by Gasteiger charge is 2.39. The molecule has 1 N–H and O–H groups in total. The normalized spacial score (nSPS) is 12.0. The van der Waals surface area contributed by atoms with Gasteiger partial charge in [-0.2, -0.15) is 0 Å². The van der Waals surface area contributed by atoms with Crippen molar-refractivity contribution in [1.29, 1.82) is 5.41 Å². The lowest BCUT2D eigenvalue weighted by atomic mass is 10.1. The summed E-state index contributed by atoms with van der Waals surface area (Å²) in [5.41, 5.74) is 7.40. The maximum Gasteiger partial charge on any atom is 0.173 e. The molecule has 210 valence electrons. The van der Waals surface area contributed by atoms with Crippen molar-refractivity contribution in [3.8, 4) is 5.69 Å². The van der Waals surface area contributed by atoms with E-state index in [0.29, 0.717) is 5.71 Å². The first-order valence-corrected chi connectivity index (χ1v) is 17.0. The number of benzene rings is 6. The molecule has 44 heavy (non-hydrogen) atoms. The quantitative estimate of drug-likeness (QED) is 0.0818. The summed E-state index contributed by atoms with van der Waals surface area (Å²) in [7, 11) is -2.76. The lowest BCUT2D eigenvalue weighted by molar-refractivity contribution is 1.18. The largest absolute Gasteiger partial charge is 0.309 e. The van der Waals surface area contributed by atoms with E-state index in [9.17, 15) is 0 Å². The van der Waals surface area contributed by atoms with Crippen molar-refractivity contribution < 1.29 is 0 Å². The Morgan fingerprint density at radius 2 is 1.07 bits per heavy atom. The highest BCUT2D eigenvalue weighted by atomic mass is 28.3. The highest BCUT2D eigenvalue weighted by Crippen LogP contribution is 2.32. The zero-order chi connectivity index (χ0) is 29.8. The first-order chi connectivity index (χ1) is 21.8. The first-order valence-electron chi connectivity index (χ1n) is 15.0. The average Bonchev–Trinajstić information content (AvgIpc) is 3.45. The molecule has 0 spiro atoms. The number of aromatic nitrogens is 1. The van der Waals surface area contributed by atoms with Crippen molar-refractivity contribution in [2.24, 2.45) is 0 Å². The van der Waals surface area contributed by atoms with Gasteiger partial charge in [0.15, 0.2) is 8.07 Å². The number of allylic oxidation sites excluding steroid dienone is 3. The van der Waals surface area contributed by atoms with Gasteiger partial charge in [-0.05, 0) is 51.5 Å². The lowest BCUT2D eigenvalue weighted by Gasteiger charge is -2.31. The van der Waals surface area contributed by atoms with Crippen LogP contribution in [0, 0.1) is 5.41 Å². The molecule has 0 aliphatic rings. The Balaban J connectivity index is 1.52. The molecular weight excluding hydrogens is 549 g/mol. The fourth-order valence-electron chi connectivity index (χ4n) is 6.43. The second-order valence-electron chi connectivity index (χ2n) is 10.9. The number of rotatable bonds is 8. The number of hydrogen-bond acceptors (Lipinski definition) is 1. The Hall–Kier alpha value is -5.51. The van der Waals surface area contributed by atoms with Crippen LogP contribution >= 0.6 is 0 Å². The van der Waals surface area contributed by atoms with E-state index in [2.05, 4.69) is 150 Å². The third kappa shape index (κ3) is 4.83. The van der Waals surface area contributed by atoms with Crippen LogP contribution in [0.15, 0.2) is 188 Å². The van der Waals surface area contributed by atoms with Crippen LogP contribution in [0.2, 0.25) is 0 Å². The van der Waals surface area contributed by atoms with Gasteiger partial charge < -0.3 is 9.98 Å². The van der Waals surface area contributed by atoms with Gasteiger partial charge in [0.25, 0.3) is 0 Å². The van der Waals surface area contributed by atoms with E-state index in [1.165, 1.54) is 37.4 Å². The fraction of sp³-hybridized carbons (Fsp3) is 0. The topological polar surface area (TPSA) is 28.8 Å². The molecule has 3 heteroatoms. The maximum absolute atomic E-state index is 8.63. The van der Waals surface area contributed by atoms with Crippen molar-refractivity contribution in [3.63, 3.8) is 0 Å². The van der Waals surface area contributed by atoms with Gasteiger partial charge in [0.2, 0.25) is 0 Å². The van der Waals surface area contributed by atoms with E-state index in [1.54, 1.807) is 0 Å². The van der Waals surface area contributed by atoms with Crippen LogP contribution in [0.25, 0.3) is 27.5 Å². The van der Waals surface area contributed by atoms with Gasteiger partial charge in [-0.1, -0.05) is 157 Å². The van der Waals surface area contributed by atoms with Gasteiger partial charge in [-0.25, -0.2) is 0 Å². The van der Waals surface area contributed by atoms with Crippen LogP contribution in [-0.4, -0.2) is 18.4 Å². The van der Waals surface area contributed by atoms with Gasteiger partial charge in [0.05, 0.1) is 16.7 Å². The van der Waals surface area contributed by atoms with Crippen molar-refractivity contribution >= 4 is 51.2 Å². The Morgan fingerprint density at radius 3 is 1.73 bits per heavy atom. The molecule has 0 bridgehead atoms. The summed E-state index contributed by atoms with van der Waals surface area (Å²) in [4.78, 5) is 0. The summed E-state index contributed by atoms with van der Waals surface area (Å²) >= 11 is 0. The molecule has 0 aliphatic carbocycles. The molecule has 0 radical (unpaired) electrons. The fourth-order valence-corrected chi connectivity index (χ4v) is 10.8. The molecular formula is C41H32N2Si. The molecule has 0 fully saturated rings. The van der Waals surface area contributed by atoms with Crippen molar-refractivity contribution in [3.05, 3.63) is 193 Å². The summed E-state index contributed by atoms with van der Waals surface area (Å²) < 4.78 is 2.40. The number of fused-ring (bicyclic) bond motifs is 3. The molecule has 0 saturated heterocycles. The van der Waals surface area contributed by atoms with E-state index in [4.69, 9.17) is 5.41 Å². The summed E-state index contributed by atoms with van der Waals surface area (Å²) in [5.74, 6) is 0. The predicted octanol–water partition coefficient (Wildman–Crippen LogP) is 7.97. The molecule has 7 aromatic rings. The summed E-state index contributed by atoms with van der Waals surface area (Å²) in [5, 5.41) is 15.1. The molecule has 0 unspecified atom stereocenters. The smallest absolute Gasteiger partial charge is 0.173 e. The Morgan fingerprint density at radius 1 is 0.523 bits per heavy atom. The summed E-state index contributed by atoms with van der Waals surface area (Å²) in [6.07, 6.45) is 6.08. The summed E-state index contributed by atoms with van der Waals surface area (Å²) in [6, 6.07) is 58.1. The Bertz CT molecular complexity index is 2070. The van der Waals surface area contributed by atoms with Gasteiger partial charge in [-0.15, -0.1) is 0 Å². The van der Waals surface area contributed by atoms with Gasteiger partial charge in [0, 0.05) is 16.5 Å².